The number of furan rings is 2. The van der Waals surface area contributed by atoms with Gasteiger partial charge in [-0.1, -0.05) is 115 Å². The highest BCUT2D eigenvalue weighted by molar-refractivity contribution is 7.25. The lowest BCUT2D eigenvalue weighted by Crippen LogP contribution is -2.17. The molecule has 59 heavy (non-hydrogen) atoms. The number of benzene rings is 9. The van der Waals surface area contributed by atoms with E-state index in [1.807, 2.05) is 48.5 Å². The minimum atomic E-state index is 0.353. The van der Waals surface area contributed by atoms with E-state index in [4.69, 9.17) is 24.6 Å². The molecule has 0 aliphatic rings. The fraction of sp³-hybridized carbons (Fsp3) is 0.0189. The fourth-order valence-electron chi connectivity index (χ4n) is 8.78. The molecule has 6 heteroatoms. The summed E-state index contributed by atoms with van der Waals surface area (Å²) in [5.41, 5.74) is 15.2. The number of amidine groups is 2. The third-order valence-electron chi connectivity index (χ3n) is 11.6. The number of nitrogens with two attached hydrogens (primary N) is 1. The van der Waals surface area contributed by atoms with E-state index in [1.165, 1.54) is 41.7 Å². The van der Waals surface area contributed by atoms with Gasteiger partial charge in [0.25, 0.3) is 0 Å². The zero-order valence-electron chi connectivity index (χ0n) is 31.6. The van der Waals surface area contributed by atoms with Crippen molar-refractivity contribution in [1.29, 1.82) is 0 Å². The number of para-hydroxylation sites is 2. The molecule has 12 rings (SSSR count). The Balaban J connectivity index is 1.05. The maximum atomic E-state index is 7.27. The average Bonchev–Trinajstić information content (AvgIpc) is 3.98. The summed E-state index contributed by atoms with van der Waals surface area (Å²) in [6, 6.07) is 61.2. The predicted octanol–water partition coefficient (Wildman–Crippen LogP) is 14.2. The Morgan fingerprint density at radius 2 is 1.17 bits per heavy atom. The molecule has 5 nitrogen and oxygen atoms in total. The van der Waals surface area contributed by atoms with Crippen molar-refractivity contribution in [1.82, 2.24) is 0 Å². The lowest BCUT2D eigenvalue weighted by Gasteiger charge is -2.11. The van der Waals surface area contributed by atoms with Crippen molar-refractivity contribution in [2.45, 2.75) is 6.54 Å². The van der Waals surface area contributed by atoms with Gasteiger partial charge in [-0.25, -0.2) is 4.99 Å². The summed E-state index contributed by atoms with van der Waals surface area (Å²) in [4.78, 5) is 10.5. The maximum absolute atomic E-state index is 7.27. The second-order valence-electron chi connectivity index (χ2n) is 15.1. The van der Waals surface area contributed by atoms with E-state index in [1.54, 1.807) is 11.3 Å². The van der Waals surface area contributed by atoms with E-state index in [-0.39, 0.29) is 0 Å². The molecule has 0 aliphatic carbocycles. The van der Waals surface area contributed by atoms with Gasteiger partial charge in [-0.15, -0.1) is 11.3 Å². The lowest BCUT2D eigenvalue weighted by molar-refractivity contribution is 0.668. The van der Waals surface area contributed by atoms with Gasteiger partial charge in [0.15, 0.2) is 5.84 Å². The van der Waals surface area contributed by atoms with Crippen LogP contribution in [-0.2, 0) is 6.54 Å². The van der Waals surface area contributed by atoms with Gasteiger partial charge in [0.2, 0.25) is 0 Å². The first-order valence-electron chi connectivity index (χ1n) is 19.7. The molecule has 0 amide bonds. The summed E-state index contributed by atoms with van der Waals surface area (Å²) >= 11 is 1.79. The van der Waals surface area contributed by atoms with Gasteiger partial charge in [0.05, 0.1) is 6.54 Å². The quantitative estimate of drug-likeness (QED) is 0.107. The molecular formula is C53H33N3O2S. The molecule has 2 N–H and O–H groups in total. The second kappa shape index (κ2) is 13.3. The summed E-state index contributed by atoms with van der Waals surface area (Å²) in [5, 5.41) is 11.3. The fourth-order valence-corrected chi connectivity index (χ4v) is 9.87. The van der Waals surface area contributed by atoms with Crippen LogP contribution in [0.25, 0.3) is 96.7 Å². The largest absolute Gasteiger partial charge is 0.456 e. The molecule has 0 bridgehead atoms. The molecule has 3 aromatic heterocycles. The molecule has 0 atom stereocenters. The number of hydrogen-bond donors (Lipinski definition) is 1. The summed E-state index contributed by atoms with van der Waals surface area (Å²) < 4.78 is 15.3. The van der Waals surface area contributed by atoms with Crippen LogP contribution in [-0.4, -0.2) is 11.7 Å². The minimum Gasteiger partial charge on any atom is -0.456 e. The lowest BCUT2D eigenvalue weighted by atomic mass is 9.95. The van der Waals surface area contributed by atoms with Crippen molar-refractivity contribution in [3.8, 4) is 11.1 Å². The molecule has 0 spiro atoms. The van der Waals surface area contributed by atoms with E-state index in [0.717, 1.165) is 71.7 Å². The predicted molar refractivity (Wildman–Crippen MR) is 248 cm³/mol. The number of aliphatic imine (C=N–C) groups is 2. The van der Waals surface area contributed by atoms with Crippen LogP contribution in [0.1, 0.15) is 16.7 Å². The molecule has 9 aromatic carbocycles. The van der Waals surface area contributed by atoms with E-state index in [9.17, 15) is 0 Å². The molecule has 12 aromatic rings. The van der Waals surface area contributed by atoms with Gasteiger partial charge in [-0.05, 0) is 98.9 Å². The third kappa shape index (κ3) is 5.52. The Morgan fingerprint density at radius 3 is 2.03 bits per heavy atom. The van der Waals surface area contributed by atoms with Crippen molar-refractivity contribution in [3.63, 3.8) is 0 Å². The summed E-state index contributed by atoms with van der Waals surface area (Å²) in [5.74, 6) is 0.916. The maximum Gasteiger partial charge on any atom is 0.157 e. The van der Waals surface area contributed by atoms with Crippen molar-refractivity contribution >= 4 is 109 Å². The summed E-state index contributed by atoms with van der Waals surface area (Å²) in [6.07, 6.45) is 0. The number of hydrogen-bond acceptors (Lipinski definition) is 4. The highest BCUT2D eigenvalue weighted by Crippen LogP contribution is 2.41. The molecule has 3 heterocycles. The van der Waals surface area contributed by atoms with Gasteiger partial charge in [0.1, 0.15) is 28.2 Å². The SMILES string of the molecule is N/C(=N\C(=N/Cc1ccc2c(ccc3ccccc32)c1)c1ccc2sc3ccccc3c2c1)c1cc(-c2cccc3oc4ccccc4c23)cc2oc3ccccc3c12. The summed E-state index contributed by atoms with van der Waals surface area (Å²) in [6.45, 7) is 0.428. The highest BCUT2D eigenvalue weighted by atomic mass is 32.1. The minimum absolute atomic E-state index is 0.353. The Bertz CT molecular complexity index is 3730. The number of nitrogens with zero attached hydrogens (tertiary/aromatic N) is 2. The molecule has 278 valence electrons. The topological polar surface area (TPSA) is 77.0 Å². The standard InChI is InChI=1S/C53H33N3O2S/c54-52(43-28-35(29-47-51(43)41-14-4-7-17-45(41)58-47)38-15-9-18-46-50(38)40-13-3-6-16-44(40)57-46)56-53(34-23-25-49-42(27-34)39-12-5-8-19-48(39)59-49)55-30-31-20-24-37-33(26-31)22-21-32-10-1-2-11-36(32)37/h1-29H,30H2,(H2,54,55,56). The van der Waals surface area contributed by atoms with Crippen LogP contribution in [0.15, 0.2) is 195 Å². The van der Waals surface area contributed by atoms with Gasteiger partial charge < -0.3 is 14.6 Å². The van der Waals surface area contributed by atoms with Gasteiger partial charge in [-0.3, -0.25) is 4.99 Å². The Morgan fingerprint density at radius 1 is 0.492 bits per heavy atom. The highest BCUT2D eigenvalue weighted by Gasteiger charge is 2.20. The van der Waals surface area contributed by atoms with Gasteiger partial charge in [-0.2, -0.15) is 0 Å². The normalized spacial score (nSPS) is 12.7. The molecule has 0 aliphatic heterocycles. The first kappa shape index (κ1) is 33.6. The Kier molecular flexibility index (Phi) is 7.55. The molecular weight excluding hydrogens is 743 g/mol. The smallest absolute Gasteiger partial charge is 0.157 e. The molecule has 0 saturated heterocycles. The van der Waals surface area contributed by atoms with Crippen molar-refractivity contribution in [3.05, 3.63) is 193 Å². The van der Waals surface area contributed by atoms with Gasteiger partial charge in [0, 0.05) is 52.8 Å². The first-order valence-corrected chi connectivity index (χ1v) is 20.5. The third-order valence-corrected chi connectivity index (χ3v) is 12.7. The average molecular weight is 776 g/mol. The number of thiophene rings is 1. The molecule has 0 fully saturated rings. The van der Waals surface area contributed by atoms with Gasteiger partial charge >= 0.3 is 0 Å². The van der Waals surface area contributed by atoms with Crippen LogP contribution in [0.5, 0.6) is 0 Å². The van der Waals surface area contributed by atoms with Crippen LogP contribution in [0.4, 0.5) is 0 Å². The van der Waals surface area contributed by atoms with E-state index in [0.29, 0.717) is 18.2 Å². The number of fused-ring (bicyclic) bond motifs is 12. The monoisotopic (exact) mass is 775 g/mol. The van der Waals surface area contributed by atoms with E-state index < -0.39 is 0 Å². The van der Waals surface area contributed by atoms with Crippen molar-refractivity contribution in [2.75, 3.05) is 0 Å². The molecule has 0 unspecified atom stereocenters. The Hall–Kier alpha value is -7.54. The zero-order valence-corrected chi connectivity index (χ0v) is 32.5. The zero-order chi connectivity index (χ0) is 39.0. The molecule has 0 saturated carbocycles. The van der Waals surface area contributed by atoms with E-state index in [2.05, 4.69) is 127 Å². The van der Waals surface area contributed by atoms with Crippen LogP contribution < -0.4 is 5.73 Å². The van der Waals surface area contributed by atoms with E-state index >= 15 is 0 Å². The van der Waals surface area contributed by atoms with Crippen molar-refractivity contribution < 1.29 is 8.83 Å². The second-order valence-corrected chi connectivity index (χ2v) is 16.1. The van der Waals surface area contributed by atoms with Crippen LogP contribution in [0.2, 0.25) is 0 Å². The summed E-state index contributed by atoms with van der Waals surface area (Å²) in [7, 11) is 0. The van der Waals surface area contributed by atoms with Crippen LogP contribution >= 0.6 is 11.3 Å². The van der Waals surface area contributed by atoms with Crippen molar-refractivity contribution in [2.24, 2.45) is 15.7 Å². The number of rotatable bonds is 5. The first-order chi connectivity index (χ1) is 29.1. The Labute approximate surface area is 342 Å². The van der Waals surface area contributed by atoms with Crippen LogP contribution in [0.3, 0.4) is 0 Å². The van der Waals surface area contributed by atoms with Crippen LogP contribution in [0, 0.1) is 0 Å². The molecule has 0 radical (unpaired) electrons.